The van der Waals surface area contributed by atoms with Gasteiger partial charge in [-0.15, -0.1) is 6.58 Å². The van der Waals surface area contributed by atoms with Crippen molar-refractivity contribution in [3.05, 3.63) is 36.5 Å². The molecule has 1 aliphatic heterocycles. The third-order valence-electron chi connectivity index (χ3n) is 2.76. The SMILES string of the molecule is C=CC1CC(=O)N(c2ccc(C(=O)O)cn2)C1. The van der Waals surface area contributed by atoms with Crippen LogP contribution in [0.15, 0.2) is 31.0 Å². The molecule has 1 fully saturated rings. The summed E-state index contributed by atoms with van der Waals surface area (Å²) in [5, 5.41) is 8.74. The van der Waals surface area contributed by atoms with Crippen LogP contribution in [0.2, 0.25) is 0 Å². The van der Waals surface area contributed by atoms with Gasteiger partial charge >= 0.3 is 5.97 Å². The van der Waals surface area contributed by atoms with Gasteiger partial charge in [0.15, 0.2) is 0 Å². The molecule has 1 aromatic heterocycles. The Labute approximate surface area is 98.4 Å². The van der Waals surface area contributed by atoms with Crippen LogP contribution >= 0.6 is 0 Å². The van der Waals surface area contributed by atoms with Crippen molar-refractivity contribution in [2.45, 2.75) is 6.42 Å². The van der Waals surface area contributed by atoms with Crippen LogP contribution in [0, 0.1) is 5.92 Å². The first-order valence-electron chi connectivity index (χ1n) is 5.24. The standard InChI is InChI=1S/C12H12N2O3/c1-2-8-5-11(15)14(7-8)10-4-3-9(6-13-10)12(16)17/h2-4,6,8H,1,5,7H2,(H,16,17). The number of nitrogens with zero attached hydrogens (tertiary/aromatic N) is 2. The summed E-state index contributed by atoms with van der Waals surface area (Å²) in [6.45, 7) is 4.22. The quantitative estimate of drug-likeness (QED) is 0.798. The number of rotatable bonds is 3. The lowest BCUT2D eigenvalue weighted by molar-refractivity contribution is -0.117. The normalized spacial score (nSPS) is 19.4. The molecule has 1 amide bonds. The minimum absolute atomic E-state index is 0.00882. The number of hydrogen-bond donors (Lipinski definition) is 1. The van der Waals surface area contributed by atoms with Gasteiger partial charge in [-0.05, 0) is 12.1 Å². The molecule has 1 aliphatic rings. The number of aromatic carboxylic acids is 1. The fraction of sp³-hybridized carbons (Fsp3) is 0.250. The fourth-order valence-electron chi connectivity index (χ4n) is 1.79. The van der Waals surface area contributed by atoms with Crippen molar-refractivity contribution in [1.82, 2.24) is 4.98 Å². The predicted molar refractivity (Wildman–Crippen MR) is 61.9 cm³/mol. The number of carboxylic acid groups (broad SMARTS) is 1. The zero-order chi connectivity index (χ0) is 12.4. The topological polar surface area (TPSA) is 70.5 Å². The van der Waals surface area contributed by atoms with E-state index in [-0.39, 0.29) is 17.4 Å². The minimum atomic E-state index is -1.03. The highest BCUT2D eigenvalue weighted by Crippen LogP contribution is 2.23. The molecule has 1 aromatic rings. The second kappa shape index (κ2) is 4.37. The average molecular weight is 232 g/mol. The van der Waals surface area contributed by atoms with Gasteiger partial charge in [0.2, 0.25) is 5.91 Å². The molecule has 0 spiro atoms. The summed E-state index contributed by atoms with van der Waals surface area (Å²) in [7, 11) is 0. The highest BCUT2D eigenvalue weighted by atomic mass is 16.4. The summed E-state index contributed by atoms with van der Waals surface area (Å²) in [5.74, 6) is -0.404. The van der Waals surface area contributed by atoms with E-state index < -0.39 is 5.97 Å². The van der Waals surface area contributed by atoms with E-state index >= 15 is 0 Å². The Hall–Kier alpha value is -2.17. The molecule has 1 atom stereocenters. The second-order valence-electron chi connectivity index (χ2n) is 3.91. The Morgan fingerprint density at radius 3 is 2.82 bits per heavy atom. The molecule has 0 radical (unpaired) electrons. The lowest BCUT2D eigenvalue weighted by Gasteiger charge is -2.14. The number of anilines is 1. The number of carbonyl (C=O) groups is 2. The highest BCUT2D eigenvalue weighted by Gasteiger charge is 2.29. The molecular weight excluding hydrogens is 220 g/mol. The van der Waals surface area contributed by atoms with Gasteiger partial charge in [-0.3, -0.25) is 9.69 Å². The number of carbonyl (C=O) groups excluding carboxylic acids is 1. The lowest BCUT2D eigenvalue weighted by Crippen LogP contribution is -2.25. The van der Waals surface area contributed by atoms with Gasteiger partial charge in [-0.25, -0.2) is 9.78 Å². The number of carboxylic acids is 1. The molecule has 0 aliphatic carbocycles. The van der Waals surface area contributed by atoms with Crippen molar-refractivity contribution in [3.8, 4) is 0 Å². The summed E-state index contributed by atoms with van der Waals surface area (Å²) in [4.78, 5) is 27.9. The van der Waals surface area contributed by atoms with E-state index in [4.69, 9.17) is 5.11 Å². The fourth-order valence-corrected chi connectivity index (χ4v) is 1.79. The van der Waals surface area contributed by atoms with Crippen molar-refractivity contribution >= 4 is 17.7 Å². The number of aromatic nitrogens is 1. The summed E-state index contributed by atoms with van der Waals surface area (Å²) < 4.78 is 0. The first-order chi connectivity index (χ1) is 8.11. The van der Waals surface area contributed by atoms with Crippen molar-refractivity contribution in [2.24, 2.45) is 5.92 Å². The predicted octanol–water partition coefficient (Wildman–Crippen LogP) is 1.32. The zero-order valence-electron chi connectivity index (χ0n) is 9.17. The molecule has 2 heterocycles. The van der Waals surface area contributed by atoms with E-state index in [2.05, 4.69) is 11.6 Å². The highest BCUT2D eigenvalue weighted by molar-refractivity contribution is 5.95. The summed E-state index contributed by atoms with van der Waals surface area (Å²) in [5.41, 5.74) is 0.112. The van der Waals surface area contributed by atoms with E-state index in [9.17, 15) is 9.59 Å². The maximum atomic E-state index is 11.7. The molecule has 0 bridgehead atoms. The molecule has 1 saturated heterocycles. The third kappa shape index (κ3) is 2.18. The molecule has 1 unspecified atom stereocenters. The Morgan fingerprint density at radius 1 is 1.59 bits per heavy atom. The molecule has 17 heavy (non-hydrogen) atoms. The van der Waals surface area contributed by atoms with Crippen molar-refractivity contribution in [2.75, 3.05) is 11.4 Å². The average Bonchev–Trinajstić information content (AvgIpc) is 2.71. The van der Waals surface area contributed by atoms with Crippen molar-refractivity contribution in [1.29, 1.82) is 0 Å². The number of hydrogen-bond acceptors (Lipinski definition) is 3. The first-order valence-corrected chi connectivity index (χ1v) is 5.24. The van der Waals surface area contributed by atoms with Crippen LogP contribution in [0.1, 0.15) is 16.8 Å². The molecule has 5 heteroatoms. The van der Waals surface area contributed by atoms with E-state index in [0.29, 0.717) is 18.8 Å². The van der Waals surface area contributed by atoms with Gasteiger partial charge in [-0.2, -0.15) is 0 Å². The monoisotopic (exact) mass is 232 g/mol. The van der Waals surface area contributed by atoms with Crippen LogP contribution in [0.25, 0.3) is 0 Å². The molecule has 0 saturated carbocycles. The minimum Gasteiger partial charge on any atom is -0.478 e. The van der Waals surface area contributed by atoms with Crippen LogP contribution < -0.4 is 4.90 Å². The molecule has 88 valence electrons. The zero-order valence-corrected chi connectivity index (χ0v) is 9.17. The van der Waals surface area contributed by atoms with Crippen LogP contribution in [-0.2, 0) is 4.79 Å². The van der Waals surface area contributed by atoms with Crippen molar-refractivity contribution < 1.29 is 14.7 Å². The van der Waals surface area contributed by atoms with Gasteiger partial charge in [0.1, 0.15) is 5.82 Å². The maximum Gasteiger partial charge on any atom is 0.337 e. The first kappa shape index (κ1) is 11.3. The summed E-state index contributed by atoms with van der Waals surface area (Å²) >= 11 is 0. The molecule has 0 aromatic carbocycles. The Bertz CT molecular complexity index is 467. The van der Waals surface area contributed by atoms with E-state index in [1.807, 2.05) is 0 Å². The van der Waals surface area contributed by atoms with Gasteiger partial charge in [-0.1, -0.05) is 6.08 Å². The van der Waals surface area contributed by atoms with E-state index in [0.717, 1.165) is 0 Å². The second-order valence-corrected chi connectivity index (χ2v) is 3.91. The van der Waals surface area contributed by atoms with Gasteiger partial charge < -0.3 is 5.11 Å². The number of pyridine rings is 1. The summed E-state index contributed by atoms with van der Waals surface area (Å²) in [6, 6.07) is 2.99. The Morgan fingerprint density at radius 2 is 2.35 bits per heavy atom. The van der Waals surface area contributed by atoms with Crippen LogP contribution in [0.5, 0.6) is 0 Å². The molecule has 1 N–H and O–H groups in total. The summed E-state index contributed by atoms with van der Waals surface area (Å²) in [6.07, 6.45) is 3.45. The molecule has 5 nitrogen and oxygen atoms in total. The van der Waals surface area contributed by atoms with Crippen LogP contribution in [0.4, 0.5) is 5.82 Å². The van der Waals surface area contributed by atoms with E-state index in [1.165, 1.54) is 12.3 Å². The lowest BCUT2D eigenvalue weighted by atomic mass is 10.1. The Kier molecular flexibility index (Phi) is 2.91. The maximum absolute atomic E-state index is 11.7. The molecular formula is C12H12N2O3. The number of amides is 1. The van der Waals surface area contributed by atoms with Gasteiger partial charge in [0, 0.05) is 25.1 Å². The Balaban J connectivity index is 2.20. The van der Waals surface area contributed by atoms with Crippen LogP contribution in [-0.4, -0.2) is 28.5 Å². The smallest absolute Gasteiger partial charge is 0.337 e. The largest absolute Gasteiger partial charge is 0.478 e. The third-order valence-corrected chi connectivity index (χ3v) is 2.76. The van der Waals surface area contributed by atoms with Crippen molar-refractivity contribution in [3.63, 3.8) is 0 Å². The van der Waals surface area contributed by atoms with Gasteiger partial charge in [0.25, 0.3) is 0 Å². The van der Waals surface area contributed by atoms with E-state index in [1.54, 1.807) is 17.0 Å². The van der Waals surface area contributed by atoms with Gasteiger partial charge in [0.05, 0.1) is 5.56 Å². The molecule has 2 rings (SSSR count). The van der Waals surface area contributed by atoms with Crippen LogP contribution in [0.3, 0.4) is 0 Å².